The summed E-state index contributed by atoms with van der Waals surface area (Å²) in [6.45, 7) is 0.532. The van der Waals surface area contributed by atoms with Gasteiger partial charge in [0.15, 0.2) is 11.5 Å². The number of carbonyl (C=O) groups excluding carboxylic acids is 2. The SMILES string of the molecule is COc1ccc(C2CC(=O)N(CC(=O)Nc3ccc(N)cc3)C2)cc1OC1CCCC1. The number of anilines is 2. The fourth-order valence-corrected chi connectivity index (χ4v) is 4.31. The van der Waals surface area contributed by atoms with E-state index in [1.165, 1.54) is 12.8 Å². The molecule has 1 aliphatic carbocycles. The third-order valence-corrected chi connectivity index (χ3v) is 6.00. The van der Waals surface area contributed by atoms with Crippen LogP contribution in [0.25, 0.3) is 0 Å². The highest BCUT2D eigenvalue weighted by Crippen LogP contribution is 2.37. The topological polar surface area (TPSA) is 93.9 Å². The first-order valence-electron chi connectivity index (χ1n) is 10.8. The van der Waals surface area contributed by atoms with Gasteiger partial charge in [0.25, 0.3) is 0 Å². The van der Waals surface area contributed by atoms with Gasteiger partial charge in [-0.25, -0.2) is 0 Å². The summed E-state index contributed by atoms with van der Waals surface area (Å²) in [5, 5.41) is 2.81. The molecule has 2 aliphatic rings. The van der Waals surface area contributed by atoms with Gasteiger partial charge in [-0.3, -0.25) is 9.59 Å². The fraction of sp³-hybridized carbons (Fsp3) is 0.417. The van der Waals surface area contributed by atoms with Crippen molar-refractivity contribution in [3.63, 3.8) is 0 Å². The summed E-state index contributed by atoms with van der Waals surface area (Å²) in [6.07, 6.45) is 5.11. The first kappa shape index (κ1) is 21.0. The fourth-order valence-electron chi connectivity index (χ4n) is 4.31. The van der Waals surface area contributed by atoms with Crippen molar-refractivity contribution in [1.29, 1.82) is 0 Å². The molecule has 7 nitrogen and oxygen atoms in total. The normalized spacial score (nSPS) is 18.9. The molecule has 1 heterocycles. The van der Waals surface area contributed by atoms with Crippen LogP contribution in [0.4, 0.5) is 11.4 Å². The second-order valence-electron chi connectivity index (χ2n) is 8.28. The predicted molar refractivity (Wildman–Crippen MR) is 119 cm³/mol. The number of hydrogen-bond donors (Lipinski definition) is 2. The van der Waals surface area contributed by atoms with Crippen LogP contribution in [0.2, 0.25) is 0 Å². The van der Waals surface area contributed by atoms with E-state index in [0.29, 0.717) is 30.1 Å². The third kappa shape index (κ3) is 5.10. The number of nitrogen functional groups attached to an aromatic ring is 1. The lowest BCUT2D eigenvalue weighted by molar-refractivity contribution is -0.131. The monoisotopic (exact) mass is 423 g/mol. The number of likely N-dealkylation sites (tertiary alicyclic amines) is 1. The summed E-state index contributed by atoms with van der Waals surface area (Å²) in [4.78, 5) is 26.6. The standard InChI is InChI=1S/C24H29N3O4/c1-30-21-11-6-16(12-22(21)31-20-4-2-3-5-20)17-13-24(29)27(14-17)15-23(28)26-19-9-7-18(25)8-10-19/h6-12,17,20H,2-5,13-15,25H2,1H3,(H,26,28). The highest BCUT2D eigenvalue weighted by molar-refractivity contribution is 5.95. The molecule has 164 valence electrons. The Bertz CT molecular complexity index is 938. The Labute approximate surface area is 182 Å². The van der Waals surface area contributed by atoms with Crippen LogP contribution in [0.3, 0.4) is 0 Å². The summed E-state index contributed by atoms with van der Waals surface area (Å²) in [6, 6.07) is 12.8. The number of benzene rings is 2. The Hall–Kier alpha value is -3.22. The van der Waals surface area contributed by atoms with E-state index in [2.05, 4.69) is 5.32 Å². The van der Waals surface area contributed by atoms with E-state index >= 15 is 0 Å². The average molecular weight is 424 g/mol. The summed E-state index contributed by atoms with van der Waals surface area (Å²) in [5.74, 6) is 1.22. The minimum Gasteiger partial charge on any atom is -0.493 e. The van der Waals surface area contributed by atoms with Crippen molar-refractivity contribution >= 4 is 23.2 Å². The molecule has 0 radical (unpaired) electrons. The largest absolute Gasteiger partial charge is 0.493 e. The molecule has 4 rings (SSSR count). The molecule has 2 amide bonds. The molecule has 2 aromatic rings. The maximum absolute atomic E-state index is 12.6. The quantitative estimate of drug-likeness (QED) is 0.664. The number of nitrogens with two attached hydrogens (primary N) is 1. The van der Waals surface area contributed by atoms with Crippen LogP contribution < -0.4 is 20.5 Å². The number of nitrogens with one attached hydrogen (secondary N) is 1. The lowest BCUT2D eigenvalue weighted by atomic mass is 9.98. The van der Waals surface area contributed by atoms with Crippen LogP contribution in [-0.2, 0) is 9.59 Å². The molecule has 1 aliphatic heterocycles. The number of carbonyl (C=O) groups is 2. The van der Waals surface area contributed by atoms with Gasteiger partial charge in [0.1, 0.15) is 0 Å². The van der Waals surface area contributed by atoms with Gasteiger partial charge in [-0.05, 0) is 67.6 Å². The van der Waals surface area contributed by atoms with Gasteiger partial charge in [0, 0.05) is 30.3 Å². The summed E-state index contributed by atoms with van der Waals surface area (Å²) < 4.78 is 11.7. The number of amides is 2. The van der Waals surface area contributed by atoms with Crippen LogP contribution >= 0.6 is 0 Å². The van der Waals surface area contributed by atoms with E-state index in [-0.39, 0.29) is 30.4 Å². The van der Waals surface area contributed by atoms with Gasteiger partial charge in [-0.15, -0.1) is 0 Å². The number of ether oxygens (including phenoxy) is 2. The minimum absolute atomic E-state index is 0.0217. The molecule has 0 spiro atoms. The van der Waals surface area contributed by atoms with Crippen LogP contribution in [-0.4, -0.2) is 43.0 Å². The van der Waals surface area contributed by atoms with Gasteiger partial charge >= 0.3 is 0 Å². The van der Waals surface area contributed by atoms with Crippen LogP contribution in [0, 0.1) is 0 Å². The molecule has 1 unspecified atom stereocenters. The number of nitrogens with zero attached hydrogens (tertiary/aromatic N) is 1. The summed E-state index contributed by atoms with van der Waals surface area (Å²) >= 11 is 0. The van der Waals surface area contributed by atoms with Gasteiger partial charge in [-0.1, -0.05) is 6.07 Å². The molecular weight excluding hydrogens is 394 g/mol. The molecular formula is C24H29N3O4. The van der Waals surface area contributed by atoms with E-state index in [4.69, 9.17) is 15.2 Å². The average Bonchev–Trinajstić information content (AvgIpc) is 3.40. The Morgan fingerprint density at radius 1 is 1.13 bits per heavy atom. The van der Waals surface area contributed by atoms with Crippen molar-refractivity contribution in [2.75, 3.05) is 31.2 Å². The first-order chi connectivity index (χ1) is 15.0. The molecule has 1 saturated carbocycles. The smallest absolute Gasteiger partial charge is 0.243 e. The molecule has 2 aromatic carbocycles. The van der Waals surface area contributed by atoms with E-state index in [1.807, 2.05) is 18.2 Å². The molecule has 7 heteroatoms. The summed E-state index contributed by atoms with van der Waals surface area (Å²) in [5.41, 5.74) is 7.99. The van der Waals surface area contributed by atoms with Crippen molar-refractivity contribution in [2.45, 2.75) is 44.1 Å². The van der Waals surface area contributed by atoms with Crippen LogP contribution in [0.15, 0.2) is 42.5 Å². The second kappa shape index (κ2) is 9.29. The molecule has 2 fully saturated rings. The van der Waals surface area contributed by atoms with Crippen molar-refractivity contribution in [3.05, 3.63) is 48.0 Å². The molecule has 3 N–H and O–H groups in total. The van der Waals surface area contributed by atoms with E-state index < -0.39 is 0 Å². The van der Waals surface area contributed by atoms with E-state index in [1.54, 1.807) is 36.3 Å². The molecule has 31 heavy (non-hydrogen) atoms. The lowest BCUT2D eigenvalue weighted by Gasteiger charge is -2.19. The maximum atomic E-state index is 12.6. The number of hydrogen-bond acceptors (Lipinski definition) is 5. The van der Waals surface area contributed by atoms with Gasteiger partial charge < -0.3 is 25.4 Å². The predicted octanol–water partition coefficient (Wildman–Crippen LogP) is 3.55. The Balaban J connectivity index is 1.40. The lowest BCUT2D eigenvalue weighted by Crippen LogP contribution is -2.34. The molecule has 1 saturated heterocycles. The minimum atomic E-state index is -0.223. The highest BCUT2D eigenvalue weighted by atomic mass is 16.5. The number of methoxy groups -OCH3 is 1. The van der Waals surface area contributed by atoms with E-state index in [9.17, 15) is 9.59 Å². The maximum Gasteiger partial charge on any atom is 0.243 e. The van der Waals surface area contributed by atoms with Gasteiger partial charge in [-0.2, -0.15) is 0 Å². The highest BCUT2D eigenvalue weighted by Gasteiger charge is 2.32. The zero-order valence-electron chi connectivity index (χ0n) is 17.8. The van der Waals surface area contributed by atoms with Gasteiger partial charge in [0.05, 0.1) is 19.8 Å². The van der Waals surface area contributed by atoms with Crippen molar-refractivity contribution in [2.24, 2.45) is 0 Å². The Morgan fingerprint density at radius 2 is 1.87 bits per heavy atom. The third-order valence-electron chi connectivity index (χ3n) is 6.00. The van der Waals surface area contributed by atoms with Gasteiger partial charge in [0.2, 0.25) is 11.8 Å². The molecule has 1 atom stereocenters. The Kier molecular flexibility index (Phi) is 6.30. The van der Waals surface area contributed by atoms with E-state index in [0.717, 1.165) is 24.2 Å². The van der Waals surface area contributed by atoms with Crippen LogP contribution in [0.5, 0.6) is 11.5 Å². The van der Waals surface area contributed by atoms with Crippen molar-refractivity contribution in [1.82, 2.24) is 4.90 Å². The zero-order valence-corrected chi connectivity index (χ0v) is 17.8. The van der Waals surface area contributed by atoms with Crippen molar-refractivity contribution < 1.29 is 19.1 Å². The first-order valence-corrected chi connectivity index (χ1v) is 10.8. The molecule has 0 aromatic heterocycles. The van der Waals surface area contributed by atoms with Crippen LogP contribution in [0.1, 0.15) is 43.6 Å². The van der Waals surface area contributed by atoms with Crippen molar-refractivity contribution in [3.8, 4) is 11.5 Å². The molecule has 0 bridgehead atoms. The summed E-state index contributed by atoms with van der Waals surface area (Å²) in [7, 11) is 1.64. The zero-order chi connectivity index (χ0) is 21.8. The Morgan fingerprint density at radius 3 is 2.58 bits per heavy atom. The second-order valence-corrected chi connectivity index (χ2v) is 8.28. The number of rotatable bonds is 7.